The maximum atomic E-state index is 10.9. The second-order valence-electron chi connectivity index (χ2n) is 2.62. The Morgan fingerprint density at radius 2 is 2.08 bits per heavy atom. The first kappa shape index (κ1) is 7.67. The van der Waals surface area contributed by atoms with E-state index in [2.05, 4.69) is 9.97 Å². The predicted octanol–water partition coefficient (Wildman–Crippen LogP) is 0.729. The molecule has 0 aromatic carbocycles. The molecule has 0 aliphatic rings. The molecule has 2 N–H and O–H groups in total. The number of amides is 1. The molecule has 0 aliphatic carbocycles. The molecule has 2 heterocycles. The third-order valence-corrected chi connectivity index (χ3v) is 1.80. The van der Waals surface area contributed by atoms with Crippen molar-refractivity contribution >= 4 is 16.7 Å². The summed E-state index contributed by atoms with van der Waals surface area (Å²) in [7, 11) is 0. The molecule has 0 saturated carbocycles. The maximum Gasteiger partial charge on any atom is 0.268 e. The van der Waals surface area contributed by atoms with E-state index in [1.165, 1.54) is 0 Å². The number of primary amides is 1. The molecule has 2 aromatic heterocycles. The van der Waals surface area contributed by atoms with Gasteiger partial charge in [-0.25, -0.2) is 0 Å². The number of fused-ring (bicyclic) bond motifs is 1. The highest BCUT2D eigenvalue weighted by Gasteiger charge is 2.06. The monoisotopic (exact) mass is 173 g/mol. The van der Waals surface area contributed by atoms with Gasteiger partial charge in [0.05, 0.1) is 0 Å². The number of nitrogens with zero attached hydrogens (tertiary/aromatic N) is 2. The Hall–Kier alpha value is -1.97. The SMILES string of the molecule is NC(=O)c1nccc2ccncc12. The van der Waals surface area contributed by atoms with E-state index in [-0.39, 0.29) is 5.69 Å². The first-order valence-corrected chi connectivity index (χ1v) is 3.77. The van der Waals surface area contributed by atoms with Gasteiger partial charge in [-0.3, -0.25) is 14.8 Å². The van der Waals surface area contributed by atoms with Crippen molar-refractivity contribution in [1.82, 2.24) is 9.97 Å². The molecule has 0 bridgehead atoms. The molecular weight excluding hydrogens is 166 g/mol. The van der Waals surface area contributed by atoms with Gasteiger partial charge in [-0.05, 0) is 17.5 Å². The third kappa shape index (κ3) is 1.22. The third-order valence-electron chi connectivity index (χ3n) is 1.80. The molecule has 0 radical (unpaired) electrons. The average Bonchev–Trinajstić information content (AvgIpc) is 2.17. The highest BCUT2D eigenvalue weighted by Crippen LogP contribution is 2.13. The first-order valence-electron chi connectivity index (χ1n) is 3.77. The second-order valence-corrected chi connectivity index (χ2v) is 2.62. The first-order chi connectivity index (χ1) is 6.29. The van der Waals surface area contributed by atoms with Gasteiger partial charge in [0.25, 0.3) is 5.91 Å². The van der Waals surface area contributed by atoms with Gasteiger partial charge in [-0.15, -0.1) is 0 Å². The normalized spacial score (nSPS) is 10.2. The molecule has 2 aromatic rings. The minimum Gasteiger partial charge on any atom is -0.364 e. The highest BCUT2D eigenvalue weighted by molar-refractivity contribution is 6.03. The summed E-state index contributed by atoms with van der Waals surface area (Å²) in [4.78, 5) is 18.7. The van der Waals surface area contributed by atoms with E-state index < -0.39 is 5.91 Å². The Balaban J connectivity index is 2.83. The van der Waals surface area contributed by atoms with Crippen molar-refractivity contribution < 1.29 is 4.79 Å². The number of carbonyl (C=O) groups excluding carboxylic acids is 1. The maximum absolute atomic E-state index is 10.9. The summed E-state index contributed by atoms with van der Waals surface area (Å²) >= 11 is 0. The summed E-state index contributed by atoms with van der Waals surface area (Å²) in [6.45, 7) is 0. The van der Waals surface area contributed by atoms with Gasteiger partial charge in [0, 0.05) is 24.0 Å². The van der Waals surface area contributed by atoms with E-state index >= 15 is 0 Å². The van der Waals surface area contributed by atoms with Crippen LogP contribution in [0.2, 0.25) is 0 Å². The molecule has 4 heteroatoms. The Kier molecular flexibility index (Phi) is 1.66. The summed E-state index contributed by atoms with van der Waals surface area (Å²) in [5, 5.41) is 1.61. The molecule has 0 fully saturated rings. The zero-order valence-electron chi connectivity index (χ0n) is 6.77. The van der Waals surface area contributed by atoms with Crippen LogP contribution in [-0.4, -0.2) is 15.9 Å². The van der Waals surface area contributed by atoms with Gasteiger partial charge >= 0.3 is 0 Å². The van der Waals surface area contributed by atoms with E-state index in [9.17, 15) is 4.79 Å². The fraction of sp³-hybridized carbons (Fsp3) is 0. The predicted molar refractivity (Wildman–Crippen MR) is 48.1 cm³/mol. The van der Waals surface area contributed by atoms with Crippen LogP contribution in [0.15, 0.2) is 30.7 Å². The van der Waals surface area contributed by atoms with Crippen LogP contribution in [0.25, 0.3) is 10.8 Å². The van der Waals surface area contributed by atoms with Crippen molar-refractivity contribution in [2.75, 3.05) is 0 Å². The van der Waals surface area contributed by atoms with Crippen LogP contribution in [0.1, 0.15) is 10.5 Å². The standard InChI is InChI=1S/C9H7N3O/c10-9(13)8-7-5-11-3-1-6(7)2-4-12-8/h1-5H,(H2,10,13). The molecule has 0 aliphatic heterocycles. The lowest BCUT2D eigenvalue weighted by Gasteiger charge is -1.99. The summed E-state index contributed by atoms with van der Waals surface area (Å²) < 4.78 is 0. The molecular formula is C9H7N3O. The van der Waals surface area contributed by atoms with Crippen molar-refractivity contribution in [2.45, 2.75) is 0 Å². The average molecular weight is 173 g/mol. The highest BCUT2D eigenvalue weighted by atomic mass is 16.1. The molecule has 0 saturated heterocycles. The van der Waals surface area contributed by atoms with Crippen molar-refractivity contribution in [1.29, 1.82) is 0 Å². The van der Waals surface area contributed by atoms with E-state index in [4.69, 9.17) is 5.73 Å². The molecule has 4 nitrogen and oxygen atoms in total. The number of aromatic nitrogens is 2. The zero-order chi connectivity index (χ0) is 9.26. The number of carbonyl (C=O) groups is 1. The lowest BCUT2D eigenvalue weighted by molar-refractivity contribution is 0.0997. The molecule has 0 spiro atoms. The number of nitrogens with two attached hydrogens (primary N) is 1. The van der Waals surface area contributed by atoms with Crippen LogP contribution >= 0.6 is 0 Å². The smallest absolute Gasteiger partial charge is 0.268 e. The lowest BCUT2D eigenvalue weighted by Crippen LogP contribution is -2.13. The van der Waals surface area contributed by atoms with Gasteiger partial charge in [-0.2, -0.15) is 0 Å². The minimum atomic E-state index is -0.529. The van der Waals surface area contributed by atoms with E-state index in [0.29, 0.717) is 5.39 Å². The molecule has 0 unspecified atom stereocenters. The fourth-order valence-corrected chi connectivity index (χ4v) is 1.21. The van der Waals surface area contributed by atoms with Gasteiger partial charge < -0.3 is 5.73 Å². The van der Waals surface area contributed by atoms with E-state index in [1.54, 1.807) is 18.6 Å². The summed E-state index contributed by atoms with van der Waals surface area (Å²) in [5.74, 6) is -0.529. The van der Waals surface area contributed by atoms with Crippen LogP contribution < -0.4 is 5.73 Å². The summed E-state index contributed by atoms with van der Waals surface area (Å²) in [5.41, 5.74) is 5.42. The largest absolute Gasteiger partial charge is 0.364 e. The molecule has 0 atom stereocenters. The minimum absolute atomic E-state index is 0.269. The van der Waals surface area contributed by atoms with Crippen LogP contribution in [0.5, 0.6) is 0 Å². The van der Waals surface area contributed by atoms with Crippen LogP contribution in [0.4, 0.5) is 0 Å². The van der Waals surface area contributed by atoms with Gasteiger partial charge in [0.1, 0.15) is 5.69 Å². The van der Waals surface area contributed by atoms with Crippen LogP contribution in [0.3, 0.4) is 0 Å². The van der Waals surface area contributed by atoms with Gasteiger partial charge in [-0.1, -0.05) is 0 Å². The topological polar surface area (TPSA) is 68.9 Å². The fourth-order valence-electron chi connectivity index (χ4n) is 1.21. The van der Waals surface area contributed by atoms with Crippen molar-refractivity contribution in [3.63, 3.8) is 0 Å². The second kappa shape index (κ2) is 2.82. The Morgan fingerprint density at radius 1 is 1.31 bits per heavy atom. The van der Waals surface area contributed by atoms with Crippen molar-refractivity contribution in [2.24, 2.45) is 5.73 Å². The molecule has 64 valence electrons. The molecule has 2 rings (SSSR count). The summed E-state index contributed by atoms with van der Waals surface area (Å²) in [6.07, 6.45) is 4.80. The summed E-state index contributed by atoms with van der Waals surface area (Å²) in [6, 6.07) is 3.62. The van der Waals surface area contributed by atoms with E-state index in [0.717, 1.165) is 5.39 Å². The lowest BCUT2D eigenvalue weighted by atomic mass is 10.1. The Labute approximate surface area is 74.4 Å². The quantitative estimate of drug-likeness (QED) is 0.691. The number of hydrogen-bond donors (Lipinski definition) is 1. The van der Waals surface area contributed by atoms with Crippen molar-refractivity contribution in [3.8, 4) is 0 Å². The number of rotatable bonds is 1. The van der Waals surface area contributed by atoms with Crippen LogP contribution in [-0.2, 0) is 0 Å². The zero-order valence-corrected chi connectivity index (χ0v) is 6.77. The molecule has 1 amide bonds. The number of pyridine rings is 2. The molecule has 13 heavy (non-hydrogen) atoms. The van der Waals surface area contributed by atoms with Gasteiger partial charge in [0.15, 0.2) is 0 Å². The van der Waals surface area contributed by atoms with Gasteiger partial charge in [0.2, 0.25) is 0 Å². The Morgan fingerprint density at radius 3 is 2.85 bits per heavy atom. The number of hydrogen-bond acceptors (Lipinski definition) is 3. The van der Waals surface area contributed by atoms with E-state index in [1.807, 2.05) is 12.1 Å². The Bertz CT molecular complexity index is 462. The van der Waals surface area contributed by atoms with Crippen LogP contribution in [0, 0.1) is 0 Å². The van der Waals surface area contributed by atoms with Crippen molar-refractivity contribution in [3.05, 3.63) is 36.4 Å².